The minimum Gasteiger partial charge on any atom is -0.487 e. The Morgan fingerprint density at radius 3 is 2.20 bits per heavy atom. The lowest BCUT2D eigenvalue weighted by Gasteiger charge is -2.27. The van der Waals surface area contributed by atoms with Crippen molar-refractivity contribution in [3.8, 4) is 22.8 Å². The van der Waals surface area contributed by atoms with Crippen LogP contribution in [0.3, 0.4) is 0 Å². The minimum atomic E-state index is -4.70. The molecule has 11 nitrogen and oxygen atoms in total. The first-order valence-corrected chi connectivity index (χ1v) is 20.4. The van der Waals surface area contributed by atoms with Crippen LogP contribution >= 0.6 is 11.8 Å². The Morgan fingerprint density at radius 2 is 1.64 bits per heavy atom. The molecule has 3 heterocycles. The first kappa shape index (κ1) is 36.9. The van der Waals surface area contributed by atoms with Gasteiger partial charge >= 0.3 is 5.97 Å². The van der Waals surface area contributed by atoms with Crippen molar-refractivity contribution < 1.29 is 36.2 Å². The lowest BCUT2D eigenvalue weighted by Crippen LogP contribution is -2.54. The Labute approximate surface area is 296 Å². The molecule has 0 spiro atoms. The highest BCUT2D eigenvalue weighted by Crippen LogP contribution is 2.42. The summed E-state index contributed by atoms with van der Waals surface area (Å²) in [5.41, 5.74) is 4.28. The first-order valence-electron chi connectivity index (χ1n) is 15.7. The molecule has 5 rings (SSSR count). The normalized spacial score (nSPS) is 12.4. The molecule has 0 aliphatic carbocycles. The average Bonchev–Trinajstić information content (AvgIpc) is 3.35. The van der Waals surface area contributed by atoms with Gasteiger partial charge in [0.1, 0.15) is 12.4 Å². The number of carboxylic acids is 1. The summed E-state index contributed by atoms with van der Waals surface area (Å²) in [5, 5.41) is 11.1. The van der Waals surface area contributed by atoms with Gasteiger partial charge in [0.05, 0.1) is 12.8 Å². The highest BCUT2D eigenvalue weighted by atomic mass is 32.3. The first-order chi connectivity index (χ1) is 23.6. The molecule has 0 saturated heterocycles. The number of nitrogens with zero attached hydrogens (tertiary/aromatic N) is 3. The second-order valence-corrected chi connectivity index (χ2v) is 18.2. The molecule has 0 aliphatic heterocycles. The van der Waals surface area contributed by atoms with Crippen molar-refractivity contribution in [3.05, 3.63) is 102 Å². The number of aromatic nitrogens is 3. The molecule has 0 radical (unpaired) electrons. The van der Waals surface area contributed by atoms with Gasteiger partial charge in [-0.05, 0) is 53.4 Å². The third kappa shape index (κ3) is 7.67. The fraction of sp³-hybridized carbons (Fsp3) is 0.306. The number of carboxylic acid groups (broad SMARTS) is 1. The largest absolute Gasteiger partial charge is 0.487 e. The van der Waals surface area contributed by atoms with Crippen LogP contribution in [0.1, 0.15) is 30.8 Å². The SMILES string of the molecule is COc1ccc(-c2ccc(Cn3c(CC(C(=O)O)(S(C)(=O)=O)S(C)(=O)=O)c(SCC(C)C)c4cc(OCc5ccccn5)ccc43)cc2)cn1. The number of rotatable bonds is 15. The maximum Gasteiger partial charge on any atom is 0.341 e. The lowest BCUT2D eigenvalue weighted by atomic mass is 10.1. The zero-order valence-electron chi connectivity index (χ0n) is 28.4. The van der Waals surface area contributed by atoms with Gasteiger partial charge in [0.15, 0.2) is 19.7 Å². The van der Waals surface area contributed by atoms with E-state index in [1.807, 2.05) is 79.1 Å². The molecule has 50 heavy (non-hydrogen) atoms. The fourth-order valence-electron chi connectivity index (χ4n) is 5.66. The predicted octanol–water partition coefficient (Wildman–Crippen LogP) is 5.89. The topological polar surface area (TPSA) is 155 Å². The maximum atomic E-state index is 13.3. The van der Waals surface area contributed by atoms with Crippen LogP contribution in [-0.2, 0) is 44.0 Å². The van der Waals surface area contributed by atoms with E-state index in [0.717, 1.165) is 22.4 Å². The number of hydrogen-bond donors (Lipinski definition) is 1. The molecular formula is C36H39N3O8S3. The van der Waals surface area contributed by atoms with Crippen LogP contribution in [-0.4, -0.2) is 71.9 Å². The standard InChI is InChI=1S/C36H39N3O8S3/c1-24(2)23-48-34-30-18-29(47-22-28-8-6-7-17-37-28)14-15-31(30)39(32(34)19-36(35(40)41,49(4,42)43)50(5,44)45)21-25-9-11-26(12-10-25)27-13-16-33(46-3)38-20-27/h6-18,20,24H,19,21-23H2,1-5H3,(H,40,41). The van der Waals surface area contributed by atoms with Crippen LogP contribution in [0.15, 0.2) is 90.1 Å². The summed E-state index contributed by atoms with van der Waals surface area (Å²) in [5.74, 6) is -0.117. The number of methoxy groups -OCH3 is 1. The van der Waals surface area contributed by atoms with Gasteiger partial charge in [-0.2, -0.15) is 0 Å². The van der Waals surface area contributed by atoms with E-state index in [4.69, 9.17) is 9.47 Å². The van der Waals surface area contributed by atoms with E-state index >= 15 is 0 Å². The molecule has 0 bridgehead atoms. The van der Waals surface area contributed by atoms with Crippen molar-refractivity contribution in [3.63, 3.8) is 0 Å². The molecule has 0 aliphatic rings. The number of fused-ring (bicyclic) bond motifs is 1. The molecule has 2 aromatic carbocycles. The van der Waals surface area contributed by atoms with E-state index in [1.165, 1.54) is 11.8 Å². The van der Waals surface area contributed by atoms with E-state index in [9.17, 15) is 26.7 Å². The van der Waals surface area contributed by atoms with Crippen molar-refractivity contribution in [2.75, 3.05) is 25.4 Å². The van der Waals surface area contributed by atoms with E-state index in [-0.39, 0.29) is 24.8 Å². The average molecular weight is 738 g/mol. The van der Waals surface area contributed by atoms with E-state index in [2.05, 4.69) is 9.97 Å². The van der Waals surface area contributed by atoms with Gasteiger partial charge in [-0.1, -0.05) is 44.2 Å². The Hall–Kier alpha value is -4.40. The minimum absolute atomic E-state index is 0.201. The summed E-state index contributed by atoms with van der Waals surface area (Å²) in [7, 11) is -7.86. The van der Waals surface area contributed by atoms with Gasteiger partial charge in [-0.3, -0.25) is 4.98 Å². The third-order valence-corrected chi connectivity index (χ3v) is 14.7. The fourth-order valence-corrected chi connectivity index (χ4v) is 10.5. The van der Waals surface area contributed by atoms with Crippen molar-refractivity contribution in [2.45, 2.75) is 42.4 Å². The molecule has 264 valence electrons. The number of aliphatic carboxylic acids is 1. The second-order valence-electron chi connectivity index (χ2n) is 12.4. The molecule has 0 saturated carbocycles. The number of pyridine rings is 2. The van der Waals surface area contributed by atoms with Crippen molar-refractivity contribution >= 4 is 48.3 Å². The molecule has 3 aromatic heterocycles. The summed E-state index contributed by atoms with van der Waals surface area (Å²) in [6, 6.07) is 22.3. The molecule has 5 aromatic rings. The summed E-state index contributed by atoms with van der Waals surface area (Å²) >= 11 is 1.43. The van der Waals surface area contributed by atoms with Crippen molar-refractivity contribution in [1.82, 2.24) is 14.5 Å². The molecule has 0 unspecified atom stereocenters. The Bertz CT molecular complexity index is 2170. The van der Waals surface area contributed by atoms with Gasteiger partial charge in [-0.25, -0.2) is 26.6 Å². The van der Waals surface area contributed by atoms with Crippen LogP contribution in [0.2, 0.25) is 0 Å². The second kappa shape index (κ2) is 14.8. The van der Waals surface area contributed by atoms with Crippen LogP contribution in [0.25, 0.3) is 22.0 Å². The number of hydrogen-bond acceptors (Lipinski definition) is 10. The molecule has 0 amide bonds. The number of sulfone groups is 2. The maximum absolute atomic E-state index is 13.3. The summed E-state index contributed by atoms with van der Waals surface area (Å²) in [4.78, 5) is 22.0. The third-order valence-electron chi connectivity index (χ3n) is 8.26. The monoisotopic (exact) mass is 737 g/mol. The summed E-state index contributed by atoms with van der Waals surface area (Å²) in [6.45, 7) is 4.46. The van der Waals surface area contributed by atoms with Gasteiger partial charge in [0.2, 0.25) is 5.88 Å². The predicted molar refractivity (Wildman–Crippen MR) is 195 cm³/mol. The number of carbonyl (C=O) groups is 1. The molecule has 14 heteroatoms. The van der Waals surface area contributed by atoms with E-state index in [0.29, 0.717) is 45.7 Å². The summed E-state index contributed by atoms with van der Waals surface area (Å²) in [6.07, 6.45) is 3.90. The van der Waals surface area contributed by atoms with Gasteiger partial charge in [0.25, 0.3) is 4.08 Å². The zero-order valence-corrected chi connectivity index (χ0v) is 30.8. The highest BCUT2D eigenvalue weighted by Gasteiger charge is 2.58. The van der Waals surface area contributed by atoms with Crippen LogP contribution < -0.4 is 9.47 Å². The Balaban J connectivity index is 1.68. The highest BCUT2D eigenvalue weighted by molar-refractivity contribution is 8.10. The molecule has 0 fully saturated rings. The van der Waals surface area contributed by atoms with E-state index in [1.54, 1.807) is 31.6 Å². The lowest BCUT2D eigenvalue weighted by molar-refractivity contribution is -0.137. The molecular weight excluding hydrogens is 699 g/mol. The number of ether oxygens (including phenoxy) is 2. The van der Waals surface area contributed by atoms with Crippen LogP contribution in [0.5, 0.6) is 11.6 Å². The quantitative estimate of drug-likeness (QED) is 0.128. The smallest absolute Gasteiger partial charge is 0.341 e. The van der Waals surface area contributed by atoms with Crippen molar-refractivity contribution in [2.24, 2.45) is 5.92 Å². The van der Waals surface area contributed by atoms with Gasteiger partial charge in [-0.15, -0.1) is 11.8 Å². The summed E-state index contributed by atoms with van der Waals surface area (Å²) < 4.78 is 63.1. The molecule has 1 N–H and O–H groups in total. The number of benzene rings is 2. The Morgan fingerprint density at radius 1 is 0.940 bits per heavy atom. The van der Waals surface area contributed by atoms with Gasteiger partial charge in [0, 0.05) is 76.7 Å². The Kier molecular flexibility index (Phi) is 10.9. The van der Waals surface area contributed by atoms with Crippen LogP contribution in [0.4, 0.5) is 0 Å². The molecule has 0 atom stereocenters. The van der Waals surface area contributed by atoms with Crippen molar-refractivity contribution in [1.29, 1.82) is 0 Å². The zero-order chi connectivity index (χ0) is 36.3. The van der Waals surface area contributed by atoms with Gasteiger partial charge < -0.3 is 19.1 Å². The van der Waals surface area contributed by atoms with Crippen LogP contribution in [0, 0.1) is 5.92 Å². The number of thioether (sulfide) groups is 1. The van der Waals surface area contributed by atoms with E-state index < -0.39 is 36.1 Å².